The zero-order valence-corrected chi connectivity index (χ0v) is 6.43. The summed E-state index contributed by atoms with van der Waals surface area (Å²) in [7, 11) is -3.45. The molecule has 0 aromatic rings. The Morgan fingerprint density at radius 2 is 2.33 bits per heavy atom. The Morgan fingerprint density at radius 1 is 1.78 bits per heavy atom. The van der Waals surface area contributed by atoms with Crippen LogP contribution < -0.4 is 0 Å². The van der Waals surface area contributed by atoms with Gasteiger partial charge >= 0.3 is 7.60 Å². The molecule has 0 rings (SSSR count). The van der Waals surface area contributed by atoms with Gasteiger partial charge < -0.3 is 9.42 Å². The summed E-state index contributed by atoms with van der Waals surface area (Å²) in [6.07, 6.45) is 1.76. The van der Waals surface area contributed by atoms with Crippen LogP contribution in [-0.2, 0) is 9.09 Å². The van der Waals surface area contributed by atoms with E-state index in [1.165, 1.54) is 0 Å². The predicted molar refractivity (Wildman–Crippen MR) is 36.0 cm³/mol. The highest BCUT2D eigenvalue weighted by atomic mass is 31.2. The molecule has 55 valence electrons. The average molecular weight is 151 g/mol. The topological polar surface area (TPSA) is 46.5 Å². The second kappa shape index (κ2) is 4.04. The molecule has 9 heavy (non-hydrogen) atoms. The van der Waals surface area contributed by atoms with Crippen molar-refractivity contribution in [1.29, 1.82) is 0 Å². The summed E-state index contributed by atoms with van der Waals surface area (Å²) in [4.78, 5) is 8.47. The largest absolute Gasteiger partial charge is 0.328 e. The van der Waals surface area contributed by atoms with Gasteiger partial charge in [0, 0.05) is 0 Å². The van der Waals surface area contributed by atoms with E-state index >= 15 is 0 Å². The molecular weight excluding hydrogens is 139 g/mol. The van der Waals surface area contributed by atoms with E-state index in [4.69, 9.17) is 4.89 Å². The standard InChI is InChI=1S/C5H12O3P/c1-3-4-5-8-9(2,6)7/h2-5H2,1H3,(H,6,7). The van der Waals surface area contributed by atoms with Crippen LogP contribution in [0.2, 0.25) is 0 Å². The Labute approximate surface area is 55.6 Å². The molecule has 0 aliphatic heterocycles. The van der Waals surface area contributed by atoms with E-state index in [1.54, 1.807) is 0 Å². The average Bonchev–Trinajstić information content (AvgIpc) is 1.63. The third-order valence-electron chi connectivity index (χ3n) is 0.791. The maximum atomic E-state index is 10.3. The lowest BCUT2D eigenvalue weighted by molar-refractivity contribution is 0.263. The molecule has 4 heteroatoms. The maximum absolute atomic E-state index is 10.3. The lowest BCUT2D eigenvalue weighted by Crippen LogP contribution is -1.88. The fraction of sp³-hybridized carbons (Fsp3) is 0.800. The SMILES string of the molecule is [CH2]P(=O)(O)OCCCC. The highest BCUT2D eigenvalue weighted by Gasteiger charge is 2.07. The Morgan fingerprint density at radius 3 is 2.67 bits per heavy atom. The van der Waals surface area contributed by atoms with E-state index in [0.29, 0.717) is 6.61 Å². The third kappa shape index (κ3) is 8.15. The Bertz CT molecular complexity index is 107. The Kier molecular flexibility index (Phi) is 4.11. The summed E-state index contributed by atoms with van der Waals surface area (Å²) in [5.74, 6) is 0. The fourth-order valence-electron chi connectivity index (χ4n) is 0.352. The van der Waals surface area contributed by atoms with Crippen LogP contribution in [0.25, 0.3) is 0 Å². The predicted octanol–water partition coefficient (Wildman–Crippen LogP) is 1.78. The molecule has 0 saturated carbocycles. The Hall–Kier alpha value is 0.150. The number of hydrogen-bond acceptors (Lipinski definition) is 2. The summed E-state index contributed by atoms with van der Waals surface area (Å²) >= 11 is 0. The number of hydrogen-bond donors (Lipinski definition) is 1. The van der Waals surface area contributed by atoms with E-state index in [0.717, 1.165) is 12.8 Å². The van der Waals surface area contributed by atoms with Gasteiger partial charge in [0.2, 0.25) is 0 Å². The normalized spacial score (nSPS) is 17.2. The van der Waals surface area contributed by atoms with Crippen molar-refractivity contribution in [3.63, 3.8) is 0 Å². The van der Waals surface area contributed by atoms with Crippen molar-refractivity contribution in [2.24, 2.45) is 0 Å². The minimum atomic E-state index is -3.45. The summed E-state index contributed by atoms with van der Waals surface area (Å²) in [5, 5.41) is 0. The van der Waals surface area contributed by atoms with E-state index in [2.05, 4.69) is 11.2 Å². The molecule has 1 N–H and O–H groups in total. The first-order valence-electron chi connectivity index (χ1n) is 2.88. The van der Waals surface area contributed by atoms with E-state index in [-0.39, 0.29) is 0 Å². The molecule has 1 unspecified atom stereocenters. The van der Waals surface area contributed by atoms with Crippen LogP contribution in [0.1, 0.15) is 19.8 Å². The molecule has 0 aromatic carbocycles. The molecule has 0 bridgehead atoms. The molecule has 0 fully saturated rings. The molecule has 0 heterocycles. The van der Waals surface area contributed by atoms with Gasteiger partial charge in [-0.1, -0.05) is 13.3 Å². The van der Waals surface area contributed by atoms with Crippen molar-refractivity contribution in [3.05, 3.63) is 6.66 Å². The molecule has 1 atom stereocenters. The van der Waals surface area contributed by atoms with Gasteiger partial charge in [0.15, 0.2) is 0 Å². The summed E-state index contributed by atoms with van der Waals surface area (Å²) in [5.41, 5.74) is 0. The van der Waals surface area contributed by atoms with Gasteiger partial charge in [-0.2, -0.15) is 0 Å². The van der Waals surface area contributed by atoms with Gasteiger partial charge in [0.25, 0.3) is 0 Å². The second-order valence-electron chi connectivity index (χ2n) is 1.82. The van der Waals surface area contributed by atoms with Crippen LogP contribution >= 0.6 is 7.60 Å². The van der Waals surface area contributed by atoms with E-state index in [1.807, 2.05) is 6.92 Å². The molecule has 0 saturated heterocycles. The molecule has 0 aromatic heterocycles. The van der Waals surface area contributed by atoms with Crippen molar-refractivity contribution >= 4 is 7.60 Å². The first-order chi connectivity index (χ1) is 4.06. The van der Waals surface area contributed by atoms with Crippen LogP contribution in [0.5, 0.6) is 0 Å². The zero-order valence-electron chi connectivity index (χ0n) is 5.54. The maximum Gasteiger partial charge on any atom is 0.328 e. The zero-order chi connectivity index (χ0) is 7.33. The minimum Gasteiger partial charge on any atom is -0.324 e. The highest BCUT2D eigenvalue weighted by Crippen LogP contribution is 2.39. The van der Waals surface area contributed by atoms with Crippen LogP contribution in [-0.4, -0.2) is 11.5 Å². The second-order valence-corrected chi connectivity index (χ2v) is 3.36. The van der Waals surface area contributed by atoms with E-state index < -0.39 is 7.60 Å². The van der Waals surface area contributed by atoms with Gasteiger partial charge in [0.1, 0.15) is 0 Å². The van der Waals surface area contributed by atoms with Crippen LogP contribution in [0.3, 0.4) is 0 Å². The van der Waals surface area contributed by atoms with Gasteiger partial charge in [-0.15, -0.1) is 0 Å². The third-order valence-corrected chi connectivity index (χ3v) is 1.38. The van der Waals surface area contributed by atoms with Gasteiger partial charge in [-0.05, 0) is 6.42 Å². The van der Waals surface area contributed by atoms with Crippen LogP contribution in [0.15, 0.2) is 0 Å². The molecule has 0 aliphatic carbocycles. The molecule has 0 amide bonds. The molecule has 3 nitrogen and oxygen atoms in total. The van der Waals surface area contributed by atoms with Gasteiger partial charge in [-0.3, -0.25) is 4.57 Å². The van der Waals surface area contributed by atoms with Crippen molar-refractivity contribution < 1.29 is 14.0 Å². The van der Waals surface area contributed by atoms with Crippen LogP contribution in [0.4, 0.5) is 0 Å². The molecule has 0 spiro atoms. The lowest BCUT2D eigenvalue weighted by atomic mass is 10.4. The molecule has 1 radical (unpaired) electrons. The minimum absolute atomic E-state index is 0.327. The number of unbranched alkanes of at least 4 members (excludes halogenated alkanes) is 1. The van der Waals surface area contributed by atoms with E-state index in [9.17, 15) is 4.57 Å². The van der Waals surface area contributed by atoms with Crippen molar-refractivity contribution in [3.8, 4) is 0 Å². The quantitative estimate of drug-likeness (QED) is 0.492. The number of rotatable bonds is 4. The highest BCUT2D eigenvalue weighted by molar-refractivity contribution is 7.54. The van der Waals surface area contributed by atoms with Crippen molar-refractivity contribution in [2.45, 2.75) is 19.8 Å². The van der Waals surface area contributed by atoms with Crippen molar-refractivity contribution in [1.82, 2.24) is 0 Å². The van der Waals surface area contributed by atoms with Crippen molar-refractivity contribution in [2.75, 3.05) is 6.61 Å². The Balaban J connectivity index is 3.18. The fourth-order valence-corrected chi connectivity index (χ4v) is 0.766. The summed E-state index contributed by atoms with van der Waals surface area (Å²) < 4.78 is 14.8. The lowest BCUT2D eigenvalue weighted by Gasteiger charge is -2.03. The first kappa shape index (κ1) is 9.15. The van der Waals surface area contributed by atoms with Gasteiger partial charge in [-0.25, -0.2) is 0 Å². The first-order valence-corrected chi connectivity index (χ1v) is 4.64. The monoisotopic (exact) mass is 151 g/mol. The molecular formula is C5H12O3P. The summed E-state index contributed by atoms with van der Waals surface area (Å²) in [6, 6.07) is 0. The summed E-state index contributed by atoms with van der Waals surface area (Å²) in [6.45, 7) is 5.24. The smallest absolute Gasteiger partial charge is 0.324 e. The van der Waals surface area contributed by atoms with Gasteiger partial charge in [0.05, 0.1) is 13.3 Å². The molecule has 0 aliphatic rings. The van der Waals surface area contributed by atoms with Crippen LogP contribution in [0, 0.1) is 6.66 Å².